The Balaban J connectivity index is 2.28. The van der Waals surface area contributed by atoms with Crippen LogP contribution in [0.25, 0.3) is 0 Å². The molecule has 1 aromatic rings. The van der Waals surface area contributed by atoms with Gasteiger partial charge in [-0.25, -0.2) is 0 Å². The minimum absolute atomic E-state index is 0.340. The fourth-order valence-corrected chi connectivity index (χ4v) is 0.836. The van der Waals surface area contributed by atoms with Crippen LogP contribution in [0.15, 0.2) is 30.3 Å². The Morgan fingerprint density at radius 2 is 1.91 bits per heavy atom. The van der Waals surface area contributed by atoms with Crippen molar-refractivity contribution in [1.82, 2.24) is 5.73 Å². The highest BCUT2D eigenvalue weighted by Gasteiger charge is 1.88. The summed E-state index contributed by atoms with van der Waals surface area (Å²) in [6, 6.07) is 9.99. The Kier molecular flexibility index (Phi) is 3.65. The Morgan fingerprint density at radius 1 is 1.18 bits per heavy atom. The van der Waals surface area contributed by atoms with Crippen LogP contribution in [0.3, 0.4) is 0 Å². The predicted molar refractivity (Wildman–Crippen MR) is 44.1 cm³/mol. The zero-order valence-corrected chi connectivity index (χ0v) is 6.42. The van der Waals surface area contributed by atoms with Crippen LogP contribution in [0.5, 0.6) is 0 Å². The summed E-state index contributed by atoms with van der Waals surface area (Å²) in [6.45, 7) is 1.49. The lowest BCUT2D eigenvalue weighted by Crippen LogP contribution is -2.00. The van der Waals surface area contributed by atoms with Crippen LogP contribution in [-0.4, -0.2) is 13.2 Å². The molecule has 0 heterocycles. The van der Waals surface area contributed by atoms with Gasteiger partial charge >= 0.3 is 0 Å². The molecule has 0 saturated carbocycles. The molecule has 0 aromatic heterocycles. The molecule has 2 heteroatoms. The number of hydrogen-bond acceptors (Lipinski definition) is 1. The molecule has 0 saturated heterocycles. The number of rotatable bonds is 4. The van der Waals surface area contributed by atoms with Crippen molar-refractivity contribution in [2.45, 2.75) is 6.61 Å². The summed E-state index contributed by atoms with van der Waals surface area (Å²) in [5.41, 5.74) is 8.01. The van der Waals surface area contributed by atoms with Crippen molar-refractivity contribution in [3.63, 3.8) is 0 Å². The van der Waals surface area contributed by atoms with Crippen molar-refractivity contribution in [3.8, 4) is 0 Å². The molecule has 0 atom stereocenters. The van der Waals surface area contributed by atoms with Crippen molar-refractivity contribution >= 4 is 0 Å². The summed E-state index contributed by atoms with van der Waals surface area (Å²) >= 11 is 0. The molecule has 0 spiro atoms. The van der Waals surface area contributed by atoms with E-state index in [0.29, 0.717) is 19.8 Å². The predicted octanol–water partition coefficient (Wildman–Crippen LogP) is 1.49. The summed E-state index contributed by atoms with van der Waals surface area (Å²) < 4.78 is 5.18. The van der Waals surface area contributed by atoms with Gasteiger partial charge in [0.15, 0.2) is 0 Å². The topological polar surface area (TPSA) is 33.0 Å². The molecular formula is C9H12NO. The van der Waals surface area contributed by atoms with Crippen LogP contribution >= 0.6 is 0 Å². The molecule has 59 valence electrons. The number of hydrogen-bond donors (Lipinski definition) is 0. The lowest BCUT2D eigenvalue weighted by Gasteiger charge is -2.00. The maximum atomic E-state index is 6.84. The third kappa shape index (κ3) is 3.16. The van der Waals surface area contributed by atoms with Gasteiger partial charge in [-0.15, -0.1) is 0 Å². The van der Waals surface area contributed by atoms with Gasteiger partial charge in [-0.1, -0.05) is 30.3 Å². The van der Waals surface area contributed by atoms with Crippen molar-refractivity contribution in [2.24, 2.45) is 0 Å². The molecule has 1 radical (unpaired) electrons. The fraction of sp³-hybridized carbons (Fsp3) is 0.333. The Morgan fingerprint density at radius 3 is 2.55 bits per heavy atom. The first kappa shape index (κ1) is 8.24. The Labute approximate surface area is 67.0 Å². The molecular weight excluding hydrogens is 138 g/mol. The fourth-order valence-electron chi connectivity index (χ4n) is 0.836. The van der Waals surface area contributed by atoms with Crippen LogP contribution in [0.1, 0.15) is 5.56 Å². The van der Waals surface area contributed by atoms with E-state index in [1.165, 1.54) is 5.56 Å². The highest BCUT2D eigenvalue weighted by Crippen LogP contribution is 1.99. The first-order valence-corrected chi connectivity index (χ1v) is 3.70. The van der Waals surface area contributed by atoms with Gasteiger partial charge in [0, 0.05) is 6.54 Å². The Hall–Kier alpha value is -0.860. The highest BCUT2D eigenvalue weighted by molar-refractivity contribution is 5.13. The summed E-state index contributed by atoms with van der Waals surface area (Å²) in [6.07, 6.45) is 0. The maximum absolute atomic E-state index is 6.84. The summed E-state index contributed by atoms with van der Waals surface area (Å²) in [5, 5.41) is 0. The van der Waals surface area contributed by atoms with E-state index in [4.69, 9.17) is 10.5 Å². The van der Waals surface area contributed by atoms with Gasteiger partial charge in [0.1, 0.15) is 0 Å². The molecule has 0 amide bonds. The molecule has 0 aliphatic heterocycles. The monoisotopic (exact) mass is 150 g/mol. The molecule has 0 unspecified atom stereocenters. The molecule has 1 N–H and O–H groups in total. The van der Waals surface area contributed by atoms with Crippen LogP contribution in [-0.2, 0) is 11.3 Å². The second-order valence-electron chi connectivity index (χ2n) is 2.29. The lowest BCUT2D eigenvalue weighted by molar-refractivity contribution is 0.127. The van der Waals surface area contributed by atoms with Crippen LogP contribution in [0.4, 0.5) is 0 Å². The molecule has 1 rings (SSSR count). The first-order valence-electron chi connectivity index (χ1n) is 3.70. The summed E-state index contributed by atoms with van der Waals surface area (Å²) in [7, 11) is 0. The van der Waals surface area contributed by atoms with Crippen molar-refractivity contribution in [3.05, 3.63) is 35.9 Å². The average molecular weight is 150 g/mol. The normalized spacial score (nSPS) is 9.91. The third-order valence-electron chi connectivity index (χ3n) is 1.36. The van der Waals surface area contributed by atoms with Crippen molar-refractivity contribution in [1.29, 1.82) is 0 Å². The second-order valence-corrected chi connectivity index (χ2v) is 2.29. The van der Waals surface area contributed by atoms with E-state index < -0.39 is 0 Å². The van der Waals surface area contributed by atoms with Gasteiger partial charge in [-0.2, -0.15) is 0 Å². The second kappa shape index (κ2) is 4.88. The lowest BCUT2D eigenvalue weighted by atomic mass is 10.2. The number of benzene rings is 1. The zero-order valence-electron chi connectivity index (χ0n) is 6.42. The summed E-state index contributed by atoms with van der Waals surface area (Å²) in [4.78, 5) is 0. The zero-order chi connectivity index (χ0) is 7.94. The molecule has 11 heavy (non-hydrogen) atoms. The highest BCUT2D eigenvalue weighted by atomic mass is 16.5. The molecule has 2 nitrogen and oxygen atoms in total. The van der Waals surface area contributed by atoms with Gasteiger partial charge in [0.25, 0.3) is 0 Å². The van der Waals surface area contributed by atoms with Crippen LogP contribution < -0.4 is 5.73 Å². The summed E-state index contributed by atoms with van der Waals surface area (Å²) in [5.74, 6) is 0. The number of ether oxygens (including phenoxy) is 1. The van der Waals surface area contributed by atoms with Gasteiger partial charge in [-0.3, -0.25) is 5.73 Å². The SMILES string of the molecule is [NH]CCOCc1ccccc1. The molecule has 1 aromatic carbocycles. The van der Waals surface area contributed by atoms with E-state index in [9.17, 15) is 0 Å². The minimum Gasteiger partial charge on any atom is -0.375 e. The smallest absolute Gasteiger partial charge is 0.0717 e. The van der Waals surface area contributed by atoms with E-state index >= 15 is 0 Å². The maximum Gasteiger partial charge on any atom is 0.0717 e. The van der Waals surface area contributed by atoms with Gasteiger partial charge in [0.2, 0.25) is 0 Å². The Bertz CT molecular complexity index is 186. The van der Waals surface area contributed by atoms with E-state index in [2.05, 4.69) is 0 Å². The van der Waals surface area contributed by atoms with Crippen LogP contribution in [0.2, 0.25) is 0 Å². The minimum atomic E-state index is 0.340. The van der Waals surface area contributed by atoms with Crippen molar-refractivity contribution in [2.75, 3.05) is 13.2 Å². The van der Waals surface area contributed by atoms with Gasteiger partial charge < -0.3 is 4.74 Å². The third-order valence-corrected chi connectivity index (χ3v) is 1.36. The number of nitrogens with one attached hydrogen (secondary N) is 1. The standard InChI is InChI=1S/C9H12NO/c10-6-7-11-8-9-4-2-1-3-5-9/h1-5,10H,6-8H2. The van der Waals surface area contributed by atoms with Crippen molar-refractivity contribution < 1.29 is 4.74 Å². The van der Waals surface area contributed by atoms with Gasteiger partial charge in [-0.05, 0) is 5.56 Å². The van der Waals surface area contributed by atoms with Crippen LogP contribution in [0, 0.1) is 0 Å². The quantitative estimate of drug-likeness (QED) is 0.598. The van der Waals surface area contributed by atoms with E-state index in [1.54, 1.807) is 0 Å². The van der Waals surface area contributed by atoms with E-state index in [0.717, 1.165) is 0 Å². The average Bonchev–Trinajstić information content (AvgIpc) is 2.07. The molecule has 0 fully saturated rings. The van der Waals surface area contributed by atoms with E-state index in [1.807, 2.05) is 30.3 Å². The van der Waals surface area contributed by atoms with Gasteiger partial charge in [0.05, 0.1) is 13.2 Å². The molecule has 0 aliphatic carbocycles. The molecule has 0 bridgehead atoms. The molecule has 0 aliphatic rings. The largest absolute Gasteiger partial charge is 0.375 e. The first-order chi connectivity index (χ1) is 5.43. The van der Waals surface area contributed by atoms with E-state index in [-0.39, 0.29) is 0 Å².